The van der Waals surface area contributed by atoms with Gasteiger partial charge in [0.05, 0.1) is 0 Å². The summed E-state index contributed by atoms with van der Waals surface area (Å²) in [6.45, 7) is 4.75. The van der Waals surface area contributed by atoms with E-state index in [1.54, 1.807) is 11.1 Å². The van der Waals surface area contributed by atoms with E-state index in [2.05, 4.69) is 30.4 Å². The van der Waals surface area contributed by atoms with Crippen molar-refractivity contribution in [3.05, 3.63) is 34.9 Å². The van der Waals surface area contributed by atoms with Crippen molar-refractivity contribution < 1.29 is 0 Å². The van der Waals surface area contributed by atoms with Crippen molar-refractivity contribution in [2.75, 3.05) is 13.1 Å². The molecular weight excluding hydrogens is 242 g/mol. The van der Waals surface area contributed by atoms with Gasteiger partial charge in [-0.2, -0.15) is 0 Å². The fourth-order valence-electron chi connectivity index (χ4n) is 4.87. The average molecular weight is 269 g/mol. The molecule has 1 heteroatoms. The zero-order chi connectivity index (χ0) is 13.6. The van der Waals surface area contributed by atoms with Crippen LogP contribution in [0.1, 0.15) is 55.2 Å². The Morgan fingerprint density at radius 1 is 1.20 bits per heavy atom. The second kappa shape index (κ2) is 4.87. The van der Waals surface area contributed by atoms with Crippen LogP contribution < -0.4 is 5.32 Å². The summed E-state index contributed by atoms with van der Waals surface area (Å²) in [5.41, 5.74) is 5.45. The van der Waals surface area contributed by atoms with E-state index in [9.17, 15) is 0 Å². The third-order valence-electron chi connectivity index (χ3n) is 6.26. The molecule has 2 atom stereocenters. The van der Waals surface area contributed by atoms with Gasteiger partial charge in [-0.25, -0.2) is 0 Å². The first-order valence-electron chi connectivity index (χ1n) is 8.59. The molecule has 0 bridgehead atoms. The predicted octanol–water partition coefficient (Wildman–Crippen LogP) is 3.98. The van der Waals surface area contributed by atoms with E-state index in [4.69, 9.17) is 0 Å². The van der Waals surface area contributed by atoms with Crippen molar-refractivity contribution in [2.24, 2.45) is 11.8 Å². The molecule has 3 aliphatic rings. The minimum absolute atomic E-state index is 0.619. The molecule has 1 heterocycles. The Morgan fingerprint density at radius 3 is 2.90 bits per heavy atom. The van der Waals surface area contributed by atoms with Crippen LogP contribution in [0, 0.1) is 18.8 Å². The molecule has 2 unspecified atom stereocenters. The summed E-state index contributed by atoms with van der Waals surface area (Å²) in [7, 11) is 0. The summed E-state index contributed by atoms with van der Waals surface area (Å²) in [4.78, 5) is 0. The molecule has 2 fully saturated rings. The van der Waals surface area contributed by atoms with Crippen LogP contribution in [0.4, 0.5) is 0 Å². The first-order chi connectivity index (χ1) is 9.78. The number of hydrogen-bond acceptors (Lipinski definition) is 1. The Kier molecular flexibility index (Phi) is 3.14. The van der Waals surface area contributed by atoms with Crippen LogP contribution in [-0.2, 0) is 11.8 Å². The summed E-state index contributed by atoms with van der Waals surface area (Å²) < 4.78 is 0. The topological polar surface area (TPSA) is 12.0 Å². The highest BCUT2D eigenvalue weighted by molar-refractivity contribution is 5.46. The molecule has 108 valence electrons. The summed E-state index contributed by atoms with van der Waals surface area (Å²) in [6, 6.07) is 7.18. The molecule has 0 aromatic heterocycles. The maximum atomic E-state index is 3.49. The van der Waals surface area contributed by atoms with Crippen LogP contribution in [0.3, 0.4) is 0 Å². The lowest BCUT2D eigenvalue weighted by molar-refractivity contribution is 0.335. The minimum Gasteiger partial charge on any atom is -0.317 e. The molecule has 1 aromatic carbocycles. The van der Waals surface area contributed by atoms with Gasteiger partial charge in [0.25, 0.3) is 0 Å². The molecule has 20 heavy (non-hydrogen) atoms. The fourth-order valence-corrected chi connectivity index (χ4v) is 4.87. The van der Waals surface area contributed by atoms with Crippen molar-refractivity contribution >= 4 is 0 Å². The van der Waals surface area contributed by atoms with Crippen molar-refractivity contribution in [1.29, 1.82) is 0 Å². The summed E-state index contributed by atoms with van der Waals surface area (Å²) in [5, 5.41) is 3.49. The molecule has 1 N–H and O–H groups in total. The number of fused-ring (bicyclic) bond motifs is 2. The number of hydrogen-bond donors (Lipinski definition) is 1. The molecule has 1 nitrogen and oxygen atoms in total. The van der Waals surface area contributed by atoms with Crippen molar-refractivity contribution in [3.63, 3.8) is 0 Å². The molecule has 4 rings (SSSR count). The third-order valence-corrected chi connectivity index (χ3v) is 6.26. The molecule has 0 amide bonds. The number of piperidine rings is 1. The average Bonchev–Trinajstić information content (AvgIpc) is 3.08. The third kappa shape index (κ3) is 2.11. The molecular formula is C19H27N. The number of aryl methyl sites for hydroxylation is 2. The normalized spacial score (nSPS) is 32.5. The summed E-state index contributed by atoms with van der Waals surface area (Å²) in [5.74, 6) is 2.01. The van der Waals surface area contributed by atoms with Crippen molar-refractivity contribution in [2.45, 2.75) is 57.3 Å². The zero-order valence-corrected chi connectivity index (χ0v) is 12.8. The quantitative estimate of drug-likeness (QED) is 0.875. The lowest BCUT2D eigenvalue weighted by Crippen LogP contribution is -2.27. The fraction of sp³-hybridized carbons (Fsp3) is 0.684. The van der Waals surface area contributed by atoms with Gasteiger partial charge in [0.2, 0.25) is 0 Å². The minimum atomic E-state index is 0.619. The van der Waals surface area contributed by atoms with Crippen LogP contribution in [0.25, 0.3) is 0 Å². The van der Waals surface area contributed by atoms with E-state index < -0.39 is 0 Å². The largest absolute Gasteiger partial charge is 0.317 e. The molecule has 2 aliphatic carbocycles. The number of rotatable bonds is 3. The number of nitrogens with one attached hydrogen (secondary N) is 1. The highest BCUT2D eigenvalue weighted by Crippen LogP contribution is 2.63. The zero-order valence-electron chi connectivity index (χ0n) is 12.8. The van der Waals surface area contributed by atoms with E-state index in [0.29, 0.717) is 5.41 Å². The second-order valence-electron chi connectivity index (χ2n) is 7.49. The van der Waals surface area contributed by atoms with E-state index in [1.165, 1.54) is 63.6 Å². The monoisotopic (exact) mass is 269 g/mol. The van der Waals surface area contributed by atoms with Gasteiger partial charge in [-0.05, 0) is 86.9 Å². The first-order valence-corrected chi connectivity index (χ1v) is 8.59. The molecule has 1 saturated carbocycles. The Morgan fingerprint density at radius 2 is 2.05 bits per heavy atom. The van der Waals surface area contributed by atoms with Crippen LogP contribution >= 0.6 is 0 Å². The van der Waals surface area contributed by atoms with Crippen molar-refractivity contribution in [1.82, 2.24) is 5.32 Å². The standard InChI is InChI=1S/C19H27N/c1-14-2-4-16-6-9-19(18(16)12-14)13-17(19)5-3-15-7-10-20-11-8-15/h2,4,12,15,17,20H,3,5-11,13H2,1H3. The molecule has 1 aliphatic heterocycles. The van der Waals surface area contributed by atoms with Gasteiger partial charge in [0.15, 0.2) is 0 Å². The molecule has 1 spiro atoms. The smallest absolute Gasteiger partial charge is 0.000950 e. The van der Waals surface area contributed by atoms with E-state index >= 15 is 0 Å². The molecule has 1 saturated heterocycles. The van der Waals surface area contributed by atoms with Gasteiger partial charge in [0, 0.05) is 0 Å². The maximum Gasteiger partial charge on any atom is -0.000950 e. The predicted molar refractivity (Wildman–Crippen MR) is 84.1 cm³/mol. The summed E-state index contributed by atoms with van der Waals surface area (Å²) in [6.07, 6.45) is 10.0. The van der Waals surface area contributed by atoms with Crippen LogP contribution in [0.15, 0.2) is 18.2 Å². The maximum absolute atomic E-state index is 3.49. The number of benzene rings is 1. The van der Waals surface area contributed by atoms with Gasteiger partial charge in [-0.3, -0.25) is 0 Å². The van der Waals surface area contributed by atoms with Gasteiger partial charge in [-0.1, -0.05) is 30.2 Å². The Hall–Kier alpha value is -0.820. The lowest BCUT2D eigenvalue weighted by Gasteiger charge is -2.23. The summed E-state index contributed by atoms with van der Waals surface area (Å²) >= 11 is 0. The van der Waals surface area contributed by atoms with Gasteiger partial charge in [-0.15, -0.1) is 0 Å². The second-order valence-corrected chi connectivity index (χ2v) is 7.49. The van der Waals surface area contributed by atoms with Gasteiger partial charge >= 0.3 is 0 Å². The molecule has 0 radical (unpaired) electrons. The van der Waals surface area contributed by atoms with Crippen LogP contribution in [0.5, 0.6) is 0 Å². The highest BCUT2D eigenvalue weighted by atomic mass is 14.9. The SMILES string of the molecule is Cc1ccc2c(c1)C1(CC2)CC1CCC1CCNCC1. The van der Waals surface area contributed by atoms with E-state index in [1.807, 2.05) is 0 Å². The molecule has 1 aromatic rings. The van der Waals surface area contributed by atoms with Crippen LogP contribution in [0.2, 0.25) is 0 Å². The van der Waals surface area contributed by atoms with E-state index in [0.717, 1.165) is 11.8 Å². The van der Waals surface area contributed by atoms with Gasteiger partial charge < -0.3 is 5.32 Å². The Bertz CT molecular complexity index is 500. The van der Waals surface area contributed by atoms with Crippen LogP contribution in [-0.4, -0.2) is 13.1 Å². The van der Waals surface area contributed by atoms with Crippen molar-refractivity contribution in [3.8, 4) is 0 Å². The Balaban J connectivity index is 1.41. The Labute approximate surface area is 123 Å². The highest BCUT2D eigenvalue weighted by Gasteiger charge is 2.57. The first kappa shape index (κ1) is 12.9. The lowest BCUT2D eigenvalue weighted by atomic mass is 9.88. The van der Waals surface area contributed by atoms with E-state index in [-0.39, 0.29) is 0 Å². The van der Waals surface area contributed by atoms with Gasteiger partial charge in [0.1, 0.15) is 0 Å².